The number of para-hydroxylation sites is 2. The van der Waals surface area contributed by atoms with Crippen molar-refractivity contribution in [3.63, 3.8) is 0 Å². The van der Waals surface area contributed by atoms with Crippen molar-refractivity contribution in [2.75, 3.05) is 4.90 Å². The number of thiophene rings is 1. The Morgan fingerprint density at radius 2 is 1.09 bits per heavy atom. The van der Waals surface area contributed by atoms with Crippen LogP contribution in [-0.4, -0.2) is 4.98 Å². The third-order valence-electron chi connectivity index (χ3n) is 8.51. The fourth-order valence-electron chi connectivity index (χ4n) is 6.30. The molecule has 0 atom stereocenters. The zero-order valence-electron chi connectivity index (χ0n) is 24.2. The Morgan fingerprint density at radius 3 is 1.87 bits per heavy atom. The minimum absolute atomic E-state index is 0.844. The highest BCUT2D eigenvalue weighted by Crippen LogP contribution is 2.43. The lowest BCUT2D eigenvalue weighted by Gasteiger charge is -2.24. The lowest BCUT2D eigenvalue weighted by atomic mass is 10.00. The average molecular weight is 595 g/mol. The van der Waals surface area contributed by atoms with Gasteiger partial charge in [0, 0.05) is 26.5 Å². The zero-order chi connectivity index (χ0) is 29.7. The normalized spacial score (nSPS) is 11.6. The van der Waals surface area contributed by atoms with E-state index in [0.29, 0.717) is 0 Å². The van der Waals surface area contributed by atoms with Crippen LogP contribution in [0.15, 0.2) is 162 Å². The van der Waals surface area contributed by atoms with Crippen molar-refractivity contribution >= 4 is 70.8 Å². The van der Waals surface area contributed by atoms with Gasteiger partial charge in [-0.1, -0.05) is 115 Å². The van der Waals surface area contributed by atoms with Gasteiger partial charge in [-0.3, -0.25) is 4.90 Å². The van der Waals surface area contributed by atoms with E-state index in [4.69, 9.17) is 9.40 Å². The number of aromatic nitrogens is 1. The number of benzene rings is 6. The first-order valence-corrected chi connectivity index (χ1v) is 15.9. The van der Waals surface area contributed by atoms with Gasteiger partial charge in [0.25, 0.3) is 0 Å². The Bertz CT molecular complexity index is 2480. The molecular weight excluding hydrogens is 569 g/mol. The number of fused-ring (bicyclic) bond motifs is 6. The molecule has 0 amide bonds. The van der Waals surface area contributed by atoms with Gasteiger partial charge in [0.2, 0.25) is 0 Å². The van der Waals surface area contributed by atoms with E-state index in [2.05, 4.69) is 144 Å². The number of hydrogen-bond donors (Lipinski definition) is 0. The van der Waals surface area contributed by atoms with E-state index in [9.17, 15) is 0 Å². The molecule has 0 radical (unpaired) electrons. The predicted molar refractivity (Wildman–Crippen MR) is 190 cm³/mol. The predicted octanol–water partition coefficient (Wildman–Crippen LogP) is 12.2. The van der Waals surface area contributed by atoms with Crippen LogP contribution in [0.1, 0.15) is 0 Å². The van der Waals surface area contributed by atoms with E-state index >= 15 is 0 Å². The van der Waals surface area contributed by atoms with E-state index in [-0.39, 0.29) is 0 Å². The smallest absolute Gasteiger partial charge is 0.159 e. The first-order chi connectivity index (χ1) is 22.3. The molecule has 3 heterocycles. The summed E-state index contributed by atoms with van der Waals surface area (Å²) in [6.07, 6.45) is 0. The molecule has 3 nitrogen and oxygen atoms in total. The minimum atomic E-state index is 0.844. The Hall–Kier alpha value is -5.71. The molecule has 0 aliphatic carbocycles. The summed E-state index contributed by atoms with van der Waals surface area (Å²) < 4.78 is 8.94. The van der Waals surface area contributed by atoms with Crippen molar-refractivity contribution < 1.29 is 4.42 Å². The van der Waals surface area contributed by atoms with Crippen LogP contribution >= 0.6 is 11.3 Å². The van der Waals surface area contributed by atoms with Crippen LogP contribution in [0.2, 0.25) is 0 Å². The van der Waals surface area contributed by atoms with Gasteiger partial charge in [-0.25, -0.2) is 4.98 Å². The largest absolute Gasteiger partial charge is 0.454 e. The van der Waals surface area contributed by atoms with Crippen molar-refractivity contribution in [2.45, 2.75) is 0 Å². The summed E-state index contributed by atoms with van der Waals surface area (Å²) in [4.78, 5) is 7.51. The second kappa shape index (κ2) is 10.5. The number of hydrogen-bond acceptors (Lipinski definition) is 4. The molecule has 0 bridgehead atoms. The molecule has 0 unspecified atom stereocenters. The molecule has 0 fully saturated rings. The van der Waals surface area contributed by atoms with Gasteiger partial charge >= 0.3 is 0 Å². The van der Waals surface area contributed by atoms with Crippen LogP contribution in [0.5, 0.6) is 0 Å². The van der Waals surface area contributed by atoms with Gasteiger partial charge < -0.3 is 4.42 Å². The minimum Gasteiger partial charge on any atom is -0.454 e. The molecule has 45 heavy (non-hydrogen) atoms. The van der Waals surface area contributed by atoms with Crippen LogP contribution < -0.4 is 4.90 Å². The molecule has 4 heteroatoms. The maximum Gasteiger partial charge on any atom is 0.159 e. The van der Waals surface area contributed by atoms with Crippen molar-refractivity contribution in [1.29, 1.82) is 0 Å². The highest BCUT2D eigenvalue weighted by atomic mass is 32.1. The van der Waals surface area contributed by atoms with E-state index in [0.717, 1.165) is 50.2 Å². The monoisotopic (exact) mass is 594 g/mol. The second-order valence-electron chi connectivity index (χ2n) is 11.2. The maximum atomic E-state index is 6.52. The van der Waals surface area contributed by atoms with Crippen molar-refractivity contribution in [3.05, 3.63) is 158 Å². The topological polar surface area (TPSA) is 29.3 Å². The molecule has 0 N–H and O–H groups in total. The quantitative estimate of drug-likeness (QED) is 0.198. The summed E-state index contributed by atoms with van der Waals surface area (Å²) in [5, 5.41) is 3.37. The maximum absolute atomic E-state index is 6.52. The van der Waals surface area contributed by atoms with Gasteiger partial charge in [-0.05, 0) is 64.7 Å². The van der Waals surface area contributed by atoms with Gasteiger partial charge in [-0.15, -0.1) is 11.3 Å². The highest BCUT2D eigenvalue weighted by Gasteiger charge is 2.21. The van der Waals surface area contributed by atoms with Crippen molar-refractivity contribution in [3.8, 4) is 22.3 Å². The number of furan rings is 1. The number of nitrogens with zero attached hydrogens (tertiary/aromatic N) is 2. The van der Waals surface area contributed by atoms with Crippen LogP contribution in [0, 0.1) is 0 Å². The van der Waals surface area contributed by atoms with Gasteiger partial charge in [0.15, 0.2) is 5.58 Å². The van der Waals surface area contributed by atoms with E-state index in [1.165, 1.54) is 31.5 Å². The summed E-state index contributed by atoms with van der Waals surface area (Å²) in [6, 6.07) is 55.4. The molecule has 9 aromatic rings. The number of pyridine rings is 1. The van der Waals surface area contributed by atoms with Crippen molar-refractivity contribution in [1.82, 2.24) is 4.98 Å². The first kappa shape index (κ1) is 25.8. The third-order valence-corrected chi connectivity index (χ3v) is 9.64. The Kier molecular flexibility index (Phi) is 6.00. The van der Waals surface area contributed by atoms with Crippen molar-refractivity contribution in [2.24, 2.45) is 0 Å². The third kappa shape index (κ3) is 4.38. The summed E-state index contributed by atoms with van der Waals surface area (Å²) in [5.41, 5.74) is 9.47. The summed E-state index contributed by atoms with van der Waals surface area (Å²) in [5.74, 6) is 0.846. The molecule has 0 saturated carbocycles. The summed E-state index contributed by atoms with van der Waals surface area (Å²) in [7, 11) is 0. The molecule has 212 valence electrons. The molecule has 0 saturated heterocycles. The molecule has 0 aliphatic rings. The molecular formula is C41H26N2OS. The van der Waals surface area contributed by atoms with E-state index in [1.54, 1.807) is 11.3 Å². The van der Waals surface area contributed by atoms with E-state index < -0.39 is 0 Å². The van der Waals surface area contributed by atoms with Gasteiger partial charge in [0.1, 0.15) is 11.4 Å². The molecule has 9 rings (SSSR count). The Balaban J connectivity index is 1.19. The first-order valence-electron chi connectivity index (χ1n) is 15.0. The Morgan fingerprint density at radius 1 is 0.467 bits per heavy atom. The SMILES string of the molecule is c1ccc(-c2ccc(-c3ccc(N(c4ccc5sc6ccccc6c5n4)c4cccc5c4oc4ccccc45)cc3)cc2)cc1. The van der Waals surface area contributed by atoms with Crippen LogP contribution in [0.4, 0.5) is 17.2 Å². The zero-order valence-corrected chi connectivity index (χ0v) is 25.0. The van der Waals surface area contributed by atoms with Crippen LogP contribution in [0.3, 0.4) is 0 Å². The second-order valence-corrected chi connectivity index (χ2v) is 12.3. The van der Waals surface area contributed by atoms with Gasteiger partial charge in [-0.2, -0.15) is 0 Å². The average Bonchev–Trinajstić information content (AvgIpc) is 3.68. The highest BCUT2D eigenvalue weighted by molar-refractivity contribution is 7.25. The lowest BCUT2D eigenvalue weighted by molar-refractivity contribution is 0.669. The molecule has 0 spiro atoms. The van der Waals surface area contributed by atoms with Gasteiger partial charge in [0.05, 0.1) is 15.9 Å². The van der Waals surface area contributed by atoms with E-state index in [1.807, 2.05) is 18.2 Å². The van der Waals surface area contributed by atoms with Crippen LogP contribution in [0.25, 0.3) is 64.5 Å². The molecule has 0 aliphatic heterocycles. The summed E-state index contributed by atoms with van der Waals surface area (Å²) >= 11 is 1.78. The number of anilines is 3. The number of rotatable bonds is 5. The summed E-state index contributed by atoms with van der Waals surface area (Å²) in [6.45, 7) is 0. The Labute approximate surface area is 264 Å². The lowest BCUT2D eigenvalue weighted by Crippen LogP contribution is -2.11. The fraction of sp³-hybridized carbons (Fsp3) is 0. The molecule has 6 aromatic carbocycles. The molecule has 3 aromatic heterocycles. The fourth-order valence-corrected chi connectivity index (χ4v) is 7.34. The van der Waals surface area contributed by atoms with Crippen LogP contribution in [-0.2, 0) is 0 Å². The standard InChI is InChI=1S/C41H26N2OS/c1-2-9-27(10-3-1)28-17-19-29(20-18-28)30-21-23-31(24-22-30)43(35-14-8-13-33-32-11-4-6-15-36(32)44-41(33)35)39-26-25-38-40(42-39)34-12-5-7-16-37(34)45-38/h1-26H.